The third-order valence-corrected chi connectivity index (χ3v) is 3.69. The predicted molar refractivity (Wildman–Crippen MR) is 92.3 cm³/mol. The molecule has 25 heavy (non-hydrogen) atoms. The number of hydrogen-bond donors (Lipinski definition) is 2. The molecule has 2 rings (SSSR count). The van der Waals surface area contributed by atoms with Gasteiger partial charge in [0.25, 0.3) is 11.5 Å². The molecule has 1 heterocycles. The number of hydrogen-bond acceptors (Lipinski definition) is 5. The number of aromatic nitrogens is 2. The number of fused-ring (bicyclic) bond motifs is 1. The fourth-order valence-electron chi connectivity index (χ4n) is 2.54. The minimum Gasteiger partial charge on any atom is -0.454 e. The van der Waals surface area contributed by atoms with Crippen LogP contribution in [-0.2, 0) is 20.9 Å². The van der Waals surface area contributed by atoms with Gasteiger partial charge in [0, 0.05) is 6.04 Å². The Morgan fingerprint density at radius 3 is 2.72 bits per heavy atom. The van der Waals surface area contributed by atoms with E-state index in [1.54, 1.807) is 24.3 Å². The monoisotopic (exact) mass is 347 g/mol. The molecule has 8 nitrogen and oxygen atoms in total. The van der Waals surface area contributed by atoms with Gasteiger partial charge in [-0.3, -0.25) is 23.9 Å². The summed E-state index contributed by atoms with van der Waals surface area (Å²) in [4.78, 5) is 49.6. The number of para-hydroxylation sites is 1. The highest BCUT2D eigenvalue weighted by atomic mass is 16.5. The van der Waals surface area contributed by atoms with Crippen molar-refractivity contribution in [3.05, 3.63) is 45.1 Å². The molecule has 0 saturated carbocycles. The van der Waals surface area contributed by atoms with Crippen molar-refractivity contribution in [3.63, 3.8) is 0 Å². The molecule has 1 amide bonds. The number of carbonyl (C=O) groups excluding carboxylic acids is 2. The van der Waals surface area contributed by atoms with E-state index >= 15 is 0 Å². The third-order valence-electron chi connectivity index (χ3n) is 3.69. The van der Waals surface area contributed by atoms with Gasteiger partial charge in [-0.2, -0.15) is 0 Å². The van der Waals surface area contributed by atoms with Crippen LogP contribution in [0.5, 0.6) is 0 Å². The van der Waals surface area contributed by atoms with Gasteiger partial charge in [-0.25, -0.2) is 4.79 Å². The van der Waals surface area contributed by atoms with E-state index in [9.17, 15) is 19.2 Å². The number of esters is 1. The zero-order chi connectivity index (χ0) is 18.4. The molecule has 8 heteroatoms. The van der Waals surface area contributed by atoms with Crippen LogP contribution in [0.4, 0.5) is 0 Å². The number of ether oxygens (including phenoxy) is 1. The van der Waals surface area contributed by atoms with Gasteiger partial charge < -0.3 is 10.1 Å². The van der Waals surface area contributed by atoms with Gasteiger partial charge in [0.05, 0.1) is 10.9 Å². The van der Waals surface area contributed by atoms with E-state index in [-0.39, 0.29) is 6.04 Å². The molecule has 2 N–H and O–H groups in total. The van der Waals surface area contributed by atoms with E-state index in [0.717, 1.165) is 17.4 Å². The lowest BCUT2D eigenvalue weighted by atomic mass is 10.2. The molecule has 2 aromatic rings. The first-order valence-corrected chi connectivity index (χ1v) is 8.09. The summed E-state index contributed by atoms with van der Waals surface area (Å²) in [7, 11) is 0. The van der Waals surface area contributed by atoms with Crippen LogP contribution in [0.15, 0.2) is 33.9 Å². The second-order valence-corrected chi connectivity index (χ2v) is 5.78. The lowest BCUT2D eigenvalue weighted by molar-refractivity contribution is -0.149. The minimum atomic E-state index is -0.738. The molecule has 0 aliphatic rings. The van der Waals surface area contributed by atoms with Crippen LogP contribution >= 0.6 is 0 Å². The molecule has 0 radical (unpaired) electrons. The Kier molecular flexibility index (Phi) is 6.10. The van der Waals surface area contributed by atoms with Gasteiger partial charge >= 0.3 is 11.7 Å². The molecule has 1 aromatic heterocycles. The number of aromatic amines is 1. The van der Waals surface area contributed by atoms with Crippen molar-refractivity contribution < 1.29 is 14.3 Å². The second-order valence-electron chi connectivity index (χ2n) is 5.78. The molecular weight excluding hydrogens is 326 g/mol. The average Bonchev–Trinajstić information content (AvgIpc) is 2.57. The van der Waals surface area contributed by atoms with E-state index in [1.807, 2.05) is 13.8 Å². The molecule has 0 fully saturated rings. The maximum absolute atomic E-state index is 12.0. The molecule has 0 aliphatic carbocycles. The maximum atomic E-state index is 12.0. The number of nitrogens with one attached hydrogen (secondary N) is 2. The van der Waals surface area contributed by atoms with Crippen LogP contribution in [0, 0.1) is 0 Å². The normalized spacial score (nSPS) is 11.9. The first-order valence-electron chi connectivity index (χ1n) is 8.09. The maximum Gasteiger partial charge on any atom is 0.329 e. The van der Waals surface area contributed by atoms with Gasteiger partial charge in [-0.05, 0) is 25.5 Å². The molecule has 0 bridgehead atoms. The number of benzene rings is 1. The number of carbonyl (C=O) groups is 2. The van der Waals surface area contributed by atoms with Crippen LogP contribution in [-0.4, -0.2) is 34.1 Å². The molecule has 1 aromatic carbocycles. The Morgan fingerprint density at radius 1 is 1.28 bits per heavy atom. The van der Waals surface area contributed by atoms with Gasteiger partial charge in [-0.1, -0.05) is 25.5 Å². The van der Waals surface area contributed by atoms with E-state index in [0.29, 0.717) is 10.9 Å². The molecule has 1 atom stereocenters. The van der Waals surface area contributed by atoms with Crippen LogP contribution in [0.1, 0.15) is 26.7 Å². The first-order chi connectivity index (χ1) is 11.9. The summed E-state index contributed by atoms with van der Waals surface area (Å²) < 4.78 is 6.03. The summed E-state index contributed by atoms with van der Waals surface area (Å²) in [5.41, 5.74) is -0.898. The molecule has 1 unspecified atom stereocenters. The standard InChI is InChI=1S/C17H21N3O5/c1-3-6-11(2)18-14(21)10-25-15(22)9-20-13-8-5-4-7-12(13)16(23)19-17(20)24/h4-5,7-8,11H,3,6,9-10H2,1-2H3,(H,18,21)(H,19,23,24). The van der Waals surface area contributed by atoms with E-state index < -0.39 is 36.3 Å². The van der Waals surface area contributed by atoms with Crippen molar-refractivity contribution in [1.29, 1.82) is 0 Å². The van der Waals surface area contributed by atoms with Crippen molar-refractivity contribution in [1.82, 2.24) is 14.9 Å². The predicted octanol–water partition coefficient (Wildman–Crippen LogP) is 0.538. The number of amides is 1. The fraction of sp³-hybridized carbons (Fsp3) is 0.412. The zero-order valence-corrected chi connectivity index (χ0v) is 14.2. The highest BCUT2D eigenvalue weighted by molar-refractivity contribution is 5.82. The highest BCUT2D eigenvalue weighted by Gasteiger charge is 2.14. The summed E-state index contributed by atoms with van der Waals surface area (Å²) in [5.74, 6) is -1.13. The van der Waals surface area contributed by atoms with E-state index in [1.165, 1.54) is 0 Å². The average molecular weight is 347 g/mol. The second kappa shape index (κ2) is 8.27. The van der Waals surface area contributed by atoms with Gasteiger partial charge in [0.1, 0.15) is 6.54 Å². The van der Waals surface area contributed by atoms with Crippen LogP contribution in [0.2, 0.25) is 0 Å². The lowest BCUT2D eigenvalue weighted by Gasteiger charge is -2.13. The first kappa shape index (κ1) is 18.4. The van der Waals surface area contributed by atoms with Crippen molar-refractivity contribution in [2.24, 2.45) is 0 Å². The smallest absolute Gasteiger partial charge is 0.329 e. The third kappa shape index (κ3) is 4.79. The Morgan fingerprint density at radius 2 is 2.00 bits per heavy atom. The van der Waals surface area contributed by atoms with Gasteiger partial charge in [0.15, 0.2) is 6.61 Å². The Balaban J connectivity index is 2.04. The van der Waals surface area contributed by atoms with Crippen molar-refractivity contribution in [2.75, 3.05) is 6.61 Å². The SMILES string of the molecule is CCCC(C)NC(=O)COC(=O)Cn1c(=O)[nH]c(=O)c2ccccc21. The Labute approximate surface area is 143 Å². The summed E-state index contributed by atoms with van der Waals surface area (Å²) in [6, 6.07) is 6.44. The van der Waals surface area contributed by atoms with Crippen molar-refractivity contribution >= 4 is 22.8 Å². The van der Waals surface area contributed by atoms with Crippen LogP contribution in [0.25, 0.3) is 10.9 Å². The number of H-pyrrole nitrogens is 1. The largest absolute Gasteiger partial charge is 0.454 e. The summed E-state index contributed by atoms with van der Waals surface area (Å²) in [6.07, 6.45) is 1.77. The molecule has 0 aliphatic heterocycles. The van der Waals surface area contributed by atoms with Crippen molar-refractivity contribution in [2.45, 2.75) is 39.3 Å². The van der Waals surface area contributed by atoms with E-state index in [4.69, 9.17) is 4.74 Å². The topological polar surface area (TPSA) is 110 Å². The van der Waals surface area contributed by atoms with Crippen LogP contribution < -0.4 is 16.6 Å². The van der Waals surface area contributed by atoms with Gasteiger partial charge in [-0.15, -0.1) is 0 Å². The quantitative estimate of drug-likeness (QED) is 0.710. The van der Waals surface area contributed by atoms with Crippen LogP contribution in [0.3, 0.4) is 0 Å². The Bertz CT molecular complexity index is 884. The van der Waals surface area contributed by atoms with Crippen molar-refractivity contribution in [3.8, 4) is 0 Å². The molecular formula is C17H21N3O5. The number of nitrogens with zero attached hydrogens (tertiary/aromatic N) is 1. The van der Waals surface area contributed by atoms with E-state index in [2.05, 4.69) is 10.3 Å². The minimum absolute atomic E-state index is 0.00182. The summed E-state index contributed by atoms with van der Waals surface area (Å²) in [5, 5.41) is 3.01. The number of rotatable bonds is 7. The van der Waals surface area contributed by atoms with Gasteiger partial charge in [0.2, 0.25) is 0 Å². The molecule has 0 spiro atoms. The fourth-order valence-corrected chi connectivity index (χ4v) is 2.54. The zero-order valence-electron chi connectivity index (χ0n) is 14.2. The summed E-state index contributed by atoms with van der Waals surface area (Å²) in [6.45, 7) is 3.07. The molecule has 0 saturated heterocycles. The molecule has 134 valence electrons. The lowest BCUT2D eigenvalue weighted by Crippen LogP contribution is -2.37. The Hall–Kier alpha value is -2.90. The summed E-state index contributed by atoms with van der Waals surface area (Å²) >= 11 is 0. The highest BCUT2D eigenvalue weighted by Crippen LogP contribution is 2.06.